The van der Waals surface area contributed by atoms with Crippen LogP contribution in [0.5, 0.6) is 0 Å². The van der Waals surface area contributed by atoms with E-state index in [-0.39, 0.29) is 23.7 Å². The third kappa shape index (κ3) is 4.38. The fraction of sp³-hybridized carbons (Fsp3) is 0.579. The van der Waals surface area contributed by atoms with Gasteiger partial charge in [0.1, 0.15) is 0 Å². The molecular weight excluding hydrogens is 368 g/mol. The number of hydrogen-bond donors (Lipinski definition) is 2. The third-order valence-electron chi connectivity index (χ3n) is 5.09. The second-order valence-electron chi connectivity index (χ2n) is 7.10. The summed E-state index contributed by atoms with van der Waals surface area (Å²) in [5, 5.41) is 6.09. The fourth-order valence-electron chi connectivity index (χ4n) is 3.46. The molecular formula is C19H25BrN2O2. The number of aryl methyl sites for hydroxylation is 1. The molecule has 0 spiro atoms. The van der Waals surface area contributed by atoms with Gasteiger partial charge in [0.25, 0.3) is 0 Å². The number of carbonyl (C=O) groups is 2. The van der Waals surface area contributed by atoms with E-state index >= 15 is 0 Å². The fourth-order valence-corrected chi connectivity index (χ4v) is 3.71. The molecule has 0 radical (unpaired) electrons. The summed E-state index contributed by atoms with van der Waals surface area (Å²) in [7, 11) is 0. The van der Waals surface area contributed by atoms with Crippen LogP contribution in [0.15, 0.2) is 22.7 Å². The van der Waals surface area contributed by atoms with Gasteiger partial charge in [-0.25, -0.2) is 0 Å². The van der Waals surface area contributed by atoms with Crippen LogP contribution in [-0.2, 0) is 9.59 Å². The Bertz CT molecular complexity index is 624. The number of amides is 2. The van der Waals surface area contributed by atoms with E-state index in [1.165, 1.54) is 25.7 Å². The quantitative estimate of drug-likeness (QED) is 0.755. The number of hydrogen-bond acceptors (Lipinski definition) is 2. The molecule has 24 heavy (non-hydrogen) atoms. The van der Waals surface area contributed by atoms with Crippen molar-refractivity contribution in [2.45, 2.75) is 57.9 Å². The van der Waals surface area contributed by atoms with Crippen LogP contribution in [0.1, 0.15) is 50.5 Å². The highest BCUT2D eigenvalue weighted by Gasteiger charge is 2.48. The second kappa shape index (κ2) is 7.68. The van der Waals surface area contributed by atoms with Gasteiger partial charge >= 0.3 is 0 Å². The van der Waals surface area contributed by atoms with Crippen LogP contribution >= 0.6 is 15.9 Å². The largest absolute Gasteiger partial charge is 0.353 e. The van der Waals surface area contributed by atoms with E-state index < -0.39 is 0 Å². The molecule has 1 aromatic carbocycles. The molecule has 2 atom stereocenters. The molecule has 0 aromatic heterocycles. The summed E-state index contributed by atoms with van der Waals surface area (Å²) < 4.78 is 1.02. The monoisotopic (exact) mass is 392 g/mol. The number of halogens is 1. The zero-order chi connectivity index (χ0) is 17.1. The van der Waals surface area contributed by atoms with E-state index in [9.17, 15) is 9.59 Å². The van der Waals surface area contributed by atoms with Crippen LogP contribution in [0.25, 0.3) is 0 Å². The van der Waals surface area contributed by atoms with Crippen molar-refractivity contribution in [3.63, 3.8) is 0 Å². The summed E-state index contributed by atoms with van der Waals surface area (Å²) in [5.74, 6) is -0.309. The van der Waals surface area contributed by atoms with E-state index in [0.717, 1.165) is 28.6 Å². The molecule has 2 aliphatic carbocycles. The van der Waals surface area contributed by atoms with Crippen LogP contribution in [0, 0.1) is 18.8 Å². The zero-order valence-electron chi connectivity index (χ0n) is 14.1. The van der Waals surface area contributed by atoms with Gasteiger partial charge in [0, 0.05) is 16.2 Å². The Kier molecular flexibility index (Phi) is 5.59. The lowest BCUT2D eigenvalue weighted by molar-refractivity contribution is -0.125. The maximum absolute atomic E-state index is 12.4. The molecule has 0 aliphatic heterocycles. The molecule has 4 nitrogen and oxygen atoms in total. The lowest BCUT2D eigenvalue weighted by Crippen LogP contribution is -2.36. The standard InChI is InChI=1S/C19H25BrN2O2/c1-12-10-14(8-9-17(12)20)22-19(24)16-11-15(16)18(23)21-13-6-4-2-3-5-7-13/h8-10,13,15-16H,2-7,11H2,1H3,(H,21,23)(H,22,24). The van der Waals surface area contributed by atoms with Crippen molar-refractivity contribution in [1.29, 1.82) is 0 Å². The first-order chi connectivity index (χ1) is 11.5. The van der Waals surface area contributed by atoms with Gasteiger partial charge < -0.3 is 10.6 Å². The maximum Gasteiger partial charge on any atom is 0.228 e. The van der Waals surface area contributed by atoms with Crippen LogP contribution in [0.3, 0.4) is 0 Å². The maximum atomic E-state index is 12.4. The van der Waals surface area contributed by atoms with Gasteiger partial charge in [-0.15, -0.1) is 0 Å². The molecule has 1 aromatic rings. The highest BCUT2D eigenvalue weighted by atomic mass is 79.9. The number of rotatable bonds is 4. The minimum Gasteiger partial charge on any atom is -0.353 e. The number of anilines is 1. The van der Waals surface area contributed by atoms with Gasteiger partial charge in [0.05, 0.1) is 11.8 Å². The van der Waals surface area contributed by atoms with Crippen molar-refractivity contribution in [2.24, 2.45) is 11.8 Å². The molecule has 2 N–H and O–H groups in total. The average molecular weight is 393 g/mol. The highest BCUT2D eigenvalue weighted by molar-refractivity contribution is 9.10. The first kappa shape index (κ1) is 17.5. The van der Waals surface area contributed by atoms with Crippen molar-refractivity contribution in [2.75, 3.05) is 5.32 Å². The van der Waals surface area contributed by atoms with E-state index in [1.54, 1.807) is 0 Å². The summed E-state index contributed by atoms with van der Waals surface area (Å²) in [6.07, 6.45) is 7.76. The van der Waals surface area contributed by atoms with Crippen LogP contribution in [-0.4, -0.2) is 17.9 Å². The predicted molar refractivity (Wildman–Crippen MR) is 98.7 cm³/mol. The molecule has 2 aliphatic rings. The molecule has 0 heterocycles. The van der Waals surface area contributed by atoms with Crippen molar-refractivity contribution in [3.05, 3.63) is 28.2 Å². The number of carbonyl (C=O) groups excluding carboxylic acids is 2. The second-order valence-corrected chi connectivity index (χ2v) is 7.95. The molecule has 5 heteroatoms. The van der Waals surface area contributed by atoms with Crippen molar-refractivity contribution >= 4 is 33.4 Å². The van der Waals surface area contributed by atoms with Gasteiger partial charge in [-0.2, -0.15) is 0 Å². The first-order valence-corrected chi connectivity index (χ1v) is 9.71. The Labute approximate surface area is 151 Å². The third-order valence-corrected chi connectivity index (χ3v) is 5.98. The molecule has 0 saturated heterocycles. The molecule has 2 unspecified atom stereocenters. The van der Waals surface area contributed by atoms with E-state index in [1.807, 2.05) is 25.1 Å². The predicted octanol–water partition coefficient (Wildman–Crippen LogP) is 4.17. The SMILES string of the molecule is Cc1cc(NC(=O)C2CC2C(=O)NC2CCCCCC2)ccc1Br. The smallest absolute Gasteiger partial charge is 0.228 e. The Hall–Kier alpha value is -1.36. The van der Waals surface area contributed by atoms with E-state index in [2.05, 4.69) is 26.6 Å². The van der Waals surface area contributed by atoms with Gasteiger partial charge in [-0.1, -0.05) is 41.6 Å². The molecule has 3 rings (SSSR count). The lowest BCUT2D eigenvalue weighted by Gasteiger charge is -2.16. The number of nitrogens with one attached hydrogen (secondary N) is 2. The molecule has 2 saturated carbocycles. The topological polar surface area (TPSA) is 58.2 Å². The summed E-state index contributed by atoms with van der Waals surface area (Å²) >= 11 is 3.45. The molecule has 0 bridgehead atoms. The Morgan fingerprint density at radius 1 is 1.04 bits per heavy atom. The molecule has 130 valence electrons. The minimum atomic E-state index is -0.181. The van der Waals surface area contributed by atoms with E-state index in [4.69, 9.17) is 0 Å². The Morgan fingerprint density at radius 2 is 1.71 bits per heavy atom. The number of benzene rings is 1. The zero-order valence-corrected chi connectivity index (χ0v) is 15.7. The molecule has 2 fully saturated rings. The van der Waals surface area contributed by atoms with Gasteiger partial charge in [-0.3, -0.25) is 9.59 Å². The van der Waals surface area contributed by atoms with Crippen LogP contribution in [0.4, 0.5) is 5.69 Å². The van der Waals surface area contributed by atoms with E-state index in [0.29, 0.717) is 12.5 Å². The Balaban J connectivity index is 1.49. The highest BCUT2D eigenvalue weighted by Crippen LogP contribution is 2.40. The molecule has 2 amide bonds. The average Bonchev–Trinajstić information content (AvgIpc) is 3.35. The first-order valence-electron chi connectivity index (χ1n) is 8.92. The van der Waals surface area contributed by atoms with Gasteiger partial charge in [0.15, 0.2) is 0 Å². The van der Waals surface area contributed by atoms with Crippen LogP contribution in [0.2, 0.25) is 0 Å². The van der Waals surface area contributed by atoms with Gasteiger partial charge in [-0.05, 0) is 49.9 Å². The van der Waals surface area contributed by atoms with Crippen molar-refractivity contribution in [1.82, 2.24) is 5.32 Å². The van der Waals surface area contributed by atoms with Gasteiger partial charge in [0.2, 0.25) is 11.8 Å². The van der Waals surface area contributed by atoms with Crippen molar-refractivity contribution in [3.8, 4) is 0 Å². The summed E-state index contributed by atoms with van der Waals surface area (Å²) in [6.45, 7) is 1.99. The normalized spacial score (nSPS) is 24.1. The minimum absolute atomic E-state index is 0.0438. The lowest BCUT2D eigenvalue weighted by atomic mass is 10.1. The summed E-state index contributed by atoms with van der Waals surface area (Å²) in [5.41, 5.74) is 1.86. The van der Waals surface area contributed by atoms with Crippen molar-refractivity contribution < 1.29 is 9.59 Å². The summed E-state index contributed by atoms with van der Waals surface area (Å²) in [4.78, 5) is 24.7. The Morgan fingerprint density at radius 3 is 2.38 bits per heavy atom. The summed E-state index contributed by atoms with van der Waals surface area (Å²) in [6, 6.07) is 6.04. The van der Waals surface area contributed by atoms with Crippen LogP contribution < -0.4 is 10.6 Å².